The molecule has 0 spiro atoms. The molecular formula is C24H23N3O. The number of rotatable bonds is 6. The van der Waals surface area contributed by atoms with E-state index in [1.54, 1.807) is 24.5 Å². The second-order valence-electron chi connectivity index (χ2n) is 7.19. The predicted octanol–water partition coefficient (Wildman–Crippen LogP) is 5.03. The lowest BCUT2D eigenvalue weighted by Gasteiger charge is -2.19. The Bertz CT molecular complexity index is 1080. The minimum Gasteiger partial charge on any atom is -0.378 e. The molecule has 1 N–H and O–H groups in total. The fourth-order valence-corrected chi connectivity index (χ4v) is 3.64. The van der Waals surface area contributed by atoms with Crippen molar-refractivity contribution in [3.63, 3.8) is 0 Å². The first-order valence-electron chi connectivity index (χ1n) is 9.40. The number of aromatic amines is 1. The highest BCUT2D eigenvalue weighted by Gasteiger charge is 2.22. The predicted molar refractivity (Wildman–Crippen MR) is 114 cm³/mol. The number of fused-ring (bicyclic) bond motifs is 1. The highest BCUT2D eigenvalue weighted by molar-refractivity contribution is 5.97. The van der Waals surface area contributed by atoms with Crippen LogP contribution in [0.1, 0.15) is 33.8 Å². The van der Waals surface area contributed by atoms with E-state index >= 15 is 0 Å². The summed E-state index contributed by atoms with van der Waals surface area (Å²) in [6.07, 6.45) is 5.78. The topological polar surface area (TPSA) is 49.0 Å². The van der Waals surface area contributed by atoms with Gasteiger partial charge in [-0.2, -0.15) is 0 Å². The molecule has 0 fully saturated rings. The van der Waals surface area contributed by atoms with Gasteiger partial charge >= 0.3 is 0 Å². The number of aromatic nitrogens is 2. The van der Waals surface area contributed by atoms with Crippen molar-refractivity contribution in [1.82, 2.24) is 9.97 Å². The minimum atomic E-state index is -0.0203. The number of anilines is 1. The highest BCUT2D eigenvalue weighted by atomic mass is 16.1. The van der Waals surface area contributed by atoms with Gasteiger partial charge in [0.2, 0.25) is 0 Å². The summed E-state index contributed by atoms with van der Waals surface area (Å²) < 4.78 is 0. The Morgan fingerprint density at radius 3 is 2.43 bits per heavy atom. The number of pyridine rings is 1. The molecule has 0 saturated carbocycles. The van der Waals surface area contributed by atoms with E-state index in [9.17, 15) is 4.79 Å². The highest BCUT2D eigenvalue weighted by Crippen LogP contribution is 2.35. The Hall–Kier alpha value is -3.40. The van der Waals surface area contributed by atoms with E-state index in [0.717, 1.165) is 27.7 Å². The van der Waals surface area contributed by atoms with Gasteiger partial charge in [0.05, 0.1) is 0 Å². The molecule has 2 aromatic carbocycles. The number of H-pyrrole nitrogens is 1. The molecule has 4 heteroatoms. The number of hydrogen-bond acceptors (Lipinski definition) is 3. The normalized spacial score (nSPS) is 12.1. The van der Waals surface area contributed by atoms with Crippen LogP contribution in [0.5, 0.6) is 0 Å². The Kier molecular flexibility index (Phi) is 4.94. The third-order valence-electron chi connectivity index (χ3n) is 5.20. The average molecular weight is 369 g/mol. The van der Waals surface area contributed by atoms with E-state index in [4.69, 9.17) is 0 Å². The molecule has 0 aliphatic rings. The second-order valence-corrected chi connectivity index (χ2v) is 7.19. The maximum absolute atomic E-state index is 13.0. The Labute approximate surface area is 164 Å². The molecule has 4 nitrogen and oxygen atoms in total. The number of para-hydroxylation sites is 1. The lowest BCUT2D eigenvalue weighted by atomic mass is 9.85. The quantitative estimate of drug-likeness (QED) is 0.485. The summed E-state index contributed by atoms with van der Waals surface area (Å²) in [6.45, 7) is 0. The monoisotopic (exact) mass is 369 g/mol. The summed E-state index contributed by atoms with van der Waals surface area (Å²) in [7, 11) is 4.05. The van der Waals surface area contributed by atoms with E-state index < -0.39 is 0 Å². The zero-order valence-electron chi connectivity index (χ0n) is 16.1. The molecule has 28 heavy (non-hydrogen) atoms. The van der Waals surface area contributed by atoms with Crippen molar-refractivity contribution in [2.75, 3.05) is 19.0 Å². The van der Waals surface area contributed by atoms with Gasteiger partial charge in [0.25, 0.3) is 0 Å². The van der Waals surface area contributed by atoms with Crippen LogP contribution in [-0.4, -0.2) is 29.8 Å². The second kappa shape index (κ2) is 7.69. The molecule has 4 aromatic rings. The van der Waals surface area contributed by atoms with E-state index in [-0.39, 0.29) is 11.7 Å². The number of carbonyl (C=O) groups is 1. The van der Waals surface area contributed by atoms with Gasteiger partial charge in [0, 0.05) is 67.2 Å². The van der Waals surface area contributed by atoms with Crippen LogP contribution in [0.4, 0.5) is 5.69 Å². The first-order valence-corrected chi connectivity index (χ1v) is 9.40. The molecule has 140 valence electrons. The van der Waals surface area contributed by atoms with Crippen LogP contribution in [0.2, 0.25) is 0 Å². The third-order valence-corrected chi connectivity index (χ3v) is 5.20. The van der Waals surface area contributed by atoms with Gasteiger partial charge in [-0.25, -0.2) is 0 Å². The number of nitrogens with zero attached hydrogens (tertiary/aromatic N) is 2. The zero-order valence-corrected chi connectivity index (χ0v) is 16.1. The Balaban J connectivity index is 1.75. The lowest BCUT2D eigenvalue weighted by Crippen LogP contribution is -2.11. The van der Waals surface area contributed by atoms with Crippen LogP contribution in [0, 0.1) is 0 Å². The molecule has 2 aromatic heterocycles. The molecule has 0 saturated heterocycles. The summed E-state index contributed by atoms with van der Waals surface area (Å²) in [5.74, 6) is 0.0994. The van der Waals surface area contributed by atoms with Crippen LogP contribution in [-0.2, 0) is 0 Å². The third kappa shape index (κ3) is 3.54. The van der Waals surface area contributed by atoms with Gasteiger partial charge in [-0.15, -0.1) is 0 Å². The molecule has 1 atom stereocenters. The van der Waals surface area contributed by atoms with Crippen LogP contribution >= 0.6 is 0 Å². The molecule has 0 aliphatic heterocycles. The molecular weight excluding hydrogens is 346 g/mol. The molecule has 1 unspecified atom stereocenters. The van der Waals surface area contributed by atoms with Gasteiger partial charge in [0.15, 0.2) is 5.78 Å². The Morgan fingerprint density at radius 1 is 1.00 bits per heavy atom. The molecule has 4 rings (SSSR count). The first kappa shape index (κ1) is 18.0. The maximum atomic E-state index is 13.0. The van der Waals surface area contributed by atoms with Gasteiger partial charge < -0.3 is 9.88 Å². The van der Waals surface area contributed by atoms with Gasteiger partial charge in [-0.3, -0.25) is 9.78 Å². The lowest BCUT2D eigenvalue weighted by molar-refractivity contribution is 0.0977. The fourth-order valence-electron chi connectivity index (χ4n) is 3.64. The zero-order chi connectivity index (χ0) is 19.5. The SMILES string of the molecule is CN(C)c1ccc(C(CC(=O)c2ccncc2)c2c[nH]c3ccccc23)cc1. The van der Waals surface area contributed by atoms with Gasteiger partial charge in [-0.05, 0) is 41.5 Å². The van der Waals surface area contributed by atoms with Crippen molar-refractivity contribution in [1.29, 1.82) is 0 Å². The largest absolute Gasteiger partial charge is 0.378 e. The molecule has 0 aliphatic carbocycles. The summed E-state index contributed by atoms with van der Waals surface area (Å²) in [4.78, 5) is 22.4. The van der Waals surface area contributed by atoms with Gasteiger partial charge in [-0.1, -0.05) is 30.3 Å². The smallest absolute Gasteiger partial charge is 0.163 e. The summed E-state index contributed by atoms with van der Waals surface area (Å²) >= 11 is 0. The van der Waals surface area contributed by atoms with Crippen LogP contribution in [0.3, 0.4) is 0 Å². The van der Waals surface area contributed by atoms with E-state index in [0.29, 0.717) is 12.0 Å². The van der Waals surface area contributed by atoms with Gasteiger partial charge in [0.1, 0.15) is 0 Å². The van der Waals surface area contributed by atoms with Crippen LogP contribution in [0.25, 0.3) is 10.9 Å². The summed E-state index contributed by atoms with van der Waals surface area (Å²) in [5.41, 5.74) is 5.21. The average Bonchev–Trinajstić information content (AvgIpc) is 3.16. The number of Topliss-reactive ketones (excluding diaryl/α,β-unsaturated/α-hetero) is 1. The van der Waals surface area contributed by atoms with Crippen LogP contribution < -0.4 is 4.90 Å². The van der Waals surface area contributed by atoms with Crippen molar-refractivity contribution in [2.45, 2.75) is 12.3 Å². The minimum absolute atomic E-state index is 0.0203. The molecule has 0 radical (unpaired) electrons. The van der Waals surface area contributed by atoms with Crippen molar-refractivity contribution in [3.8, 4) is 0 Å². The number of ketones is 1. The van der Waals surface area contributed by atoms with Crippen molar-refractivity contribution in [3.05, 3.63) is 95.9 Å². The van der Waals surface area contributed by atoms with Crippen molar-refractivity contribution in [2.24, 2.45) is 0 Å². The van der Waals surface area contributed by atoms with Crippen LogP contribution in [0.15, 0.2) is 79.3 Å². The number of hydrogen-bond donors (Lipinski definition) is 1. The molecule has 0 bridgehead atoms. The van der Waals surface area contributed by atoms with Crippen molar-refractivity contribution >= 4 is 22.4 Å². The van der Waals surface area contributed by atoms with E-state index in [1.165, 1.54) is 0 Å². The first-order chi connectivity index (χ1) is 13.6. The number of carbonyl (C=O) groups excluding carboxylic acids is 1. The van der Waals surface area contributed by atoms with Crippen molar-refractivity contribution < 1.29 is 4.79 Å². The number of benzene rings is 2. The molecule has 2 heterocycles. The fraction of sp³-hybridized carbons (Fsp3) is 0.167. The van der Waals surface area contributed by atoms with E-state index in [1.807, 2.05) is 32.4 Å². The molecule has 0 amide bonds. The van der Waals surface area contributed by atoms with E-state index in [2.05, 4.69) is 51.3 Å². The summed E-state index contributed by atoms with van der Waals surface area (Å²) in [6, 6.07) is 20.3. The maximum Gasteiger partial charge on any atom is 0.163 e. The standard InChI is InChI=1S/C24H23N3O/c1-27(2)19-9-7-17(8-10-19)21(15-24(28)18-11-13-25-14-12-18)22-16-26-23-6-4-3-5-20(22)23/h3-14,16,21,26H,15H2,1-2H3. The summed E-state index contributed by atoms with van der Waals surface area (Å²) in [5, 5.41) is 1.16. The Morgan fingerprint density at radius 2 is 1.71 bits per heavy atom. The number of nitrogens with one attached hydrogen (secondary N) is 1.